The second-order valence-electron chi connectivity index (χ2n) is 12.1. The van der Waals surface area contributed by atoms with Gasteiger partial charge >= 0.3 is 13.9 Å². The van der Waals surface area contributed by atoms with E-state index >= 15 is 0 Å². The minimum Gasteiger partial charge on any atom is -0.444 e. The van der Waals surface area contributed by atoms with Crippen LogP contribution in [-0.2, 0) is 18.6 Å². The van der Waals surface area contributed by atoms with Gasteiger partial charge in [0.25, 0.3) is 0 Å². The van der Waals surface area contributed by atoms with Crippen molar-refractivity contribution in [2.75, 3.05) is 47.0 Å². The van der Waals surface area contributed by atoms with Crippen LogP contribution < -0.4 is 0 Å². The maximum atomic E-state index is 12.7. The lowest BCUT2D eigenvalue weighted by Gasteiger charge is -2.31. The molecule has 0 aromatic carbocycles. The number of carbonyl (C=O) groups is 1. The van der Waals surface area contributed by atoms with Gasteiger partial charge in [0.1, 0.15) is 6.10 Å². The molecule has 9 nitrogen and oxygen atoms in total. The van der Waals surface area contributed by atoms with E-state index in [1.165, 1.54) is 89.9 Å². The van der Waals surface area contributed by atoms with E-state index in [0.717, 1.165) is 32.1 Å². The summed E-state index contributed by atoms with van der Waals surface area (Å²) in [5, 5.41) is 0. The van der Waals surface area contributed by atoms with E-state index in [1.807, 2.05) is 19.0 Å². The van der Waals surface area contributed by atoms with Gasteiger partial charge in [-0.2, -0.15) is 0 Å². The highest BCUT2D eigenvalue weighted by molar-refractivity contribution is 7.46. The van der Waals surface area contributed by atoms with E-state index in [9.17, 15) is 9.36 Å². The Hall–Kier alpha value is -0.700. The quantitative estimate of drug-likeness (QED) is 0.0762. The lowest BCUT2D eigenvalue weighted by atomic mass is 10.0. The number of carbonyl (C=O) groups excluding carboxylic acids is 1. The number of likely N-dealkylation sites (N-methyl/N-ethyl adjacent to an activating group) is 1. The van der Waals surface area contributed by atoms with Crippen molar-refractivity contribution in [3.05, 3.63) is 0 Å². The molecule has 1 fully saturated rings. The molecule has 1 saturated heterocycles. The first kappa shape index (κ1) is 38.3. The second kappa shape index (κ2) is 24.7. The number of nitrogens with zero attached hydrogens (tertiary/aromatic N) is 2. The molecule has 1 aliphatic heterocycles. The molecule has 0 aliphatic carbocycles. The predicted octanol–water partition coefficient (Wildman–Crippen LogP) is 7.69. The Morgan fingerprint density at radius 2 is 1.27 bits per heavy atom. The lowest BCUT2D eigenvalue weighted by Crippen LogP contribution is -2.42. The maximum Gasteiger partial charge on any atom is 0.469 e. The molecule has 0 aromatic rings. The van der Waals surface area contributed by atoms with Crippen LogP contribution in [0.5, 0.6) is 0 Å². The van der Waals surface area contributed by atoms with Crippen molar-refractivity contribution in [3.63, 3.8) is 0 Å². The monoisotopic (exact) mass is 606 g/mol. The molecular formula is C31H63N2O7P. The number of amides is 1. The van der Waals surface area contributed by atoms with Gasteiger partial charge in [0.2, 0.25) is 0 Å². The Kier molecular flexibility index (Phi) is 23.1. The van der Waals surface area contributed by atoms with E-state index < -0.39 is 13.9 Å². The van der Waals surface area contributed by atoms with Gasteiger partial charge in [-0.3, -0.25) is 4.52 Å². The molecule has 1 amide bonds. The molecule has 1 rings (SSSR count). The third kappa shape index (κ3) is 22.5. The Balaban J connectivity index is 2.21. The summed E-state index contributed by atoms with van der Waals surface area (Å²) in [6, 6.07) is -0.332. The number of phosphoric ester groups is 1. The number of piperidine rings is 1. The number of hydrogen-bond acceptors (Lipinski definition) is 6. The fourth-order valence-electron chi connectivity index (χ4n) is 5.33. The highest BCUT2D eigenvalue weighted by atomic mass is 31.2. The Morgan fingerprint density at radius 3 is 1.73 bits per heavy atom. The molecule has 244 valence electrons. The van der Waals surface area contributed by atoms with Gasteiger partial charge in [-0.1, -0.05) is 103 Å². The molecule has 2 N–H and O–H groups in total. The van der Waals surface area contributed by atoms with Gasteiger partial charge in [0.05, 0.1) is 13.2 Å². The zero-order valence-electron chi connectivity index (χ0n) is 26.6. The smallest absolute Gasteiger partial charge is 0.444 e. The van der Waals surface area contributed by atoms with E-state index in [4.69, 9.17) is 23.8 Å². The predicted molar refractivity (Wildman–Crippen MR) is 166 cm³/mol. The molecule has 41 heavy (non-hydrogen) atoms. The fraction of sp³-hybridized carbons (Fsp3) is 0.968. The second-order valence-corrected chi connectivity index (χ2v) is 13.3. The van der Waals surface area contributed by atoms with Gasteiger partial charge < -0.3 is 29.1 Å². The van der Waals surface area contributed by atoms with Gasteiger partial charge in [0.15, 0.2) is 0 Å². The standard InChI is InChI=1S/C31H63N2O7P/c1-4-5-6-7-8-9-10-11-12-13-14-15-16-17-18-22-25-38-28-30(40-31(34)33-23-20-19-21-24-33)26-29(32(2)3)27-39-41(35,36)37/h29-30H,4-28H2,1-3H3,(H2,35,36,37). The highest BCUT2D eigenvalue weighted by Crippen LogP contribution is 2.36. The van der Waals surface area contributed by atoms with Gasteiger partial charge in [-0.25, -0.2) is 9.36 Å². The number of likely N-dealkylation sites (tertiary alicyclic amines) is 1. The average molecular weight is 607 g/mol. The summed E-state index contributed by atoms with van der Waals surface area (Å²) >= 11 is 0. The topological polar surface area (TPSA) is 109 Å². The summed E-state index contributed by atoms with van der Waals surface area (Å²) in [7, 11) is -0.955. The molecule has 1 aliphatic rings. The summed E-state index contributed by atoms with van der Waals surface area (Å²) in [6.45, 7) is 4.39. The van der Waals surface area contributed by atoms with E-state index in [1.54, 1.807) is 4.90 Å². The van der Waals surface area contributed by atoms with Gasteiger partial charge in [0, 0.05) is 32.2 Å². The average Bonchev–Trinajstić information content (AvgIpc) is 2.94. The summed E-state index contributed by atoms with van der Waals surface area (Å²) in [5.41, 5.74) is 0. The first-order valence-corrected chi connectivity index (χ1v) is 18.2. The van der Waals surface area contributed by atoms with Crippen LogP contribution in [0.25, 0.3) is 0 Å². The first-order valence-electron chi connectivity index (χ1n) is 16.6. The molecule has 2 atom stereocenters. The number of phosphoric acid groups is 1. The molecule has 0 bridgehead atoms. The van der Waals surface area contributed by atoms with Crippen LogP contribution in [0.3, 0.4) is 0 Å². The maximum absolute atomic E-state index is 12.7. The minimum absolute atomic E-state index is 0.159. The van der Waals surface area contributed by atoms with Crippen LogP contribution in [0.15, 0.2) is 0 Å². The van der Waals surface area contributed by atoms with Crippen molar-refractivity contribution >= 4 is 13.9 Å². The number of hydrogen-bond donors (Lipinski definition) is 2. The molecule has 0 spiro atoms. The van der Waals surface area contributed by atoms with E-state index in [0.29, 0.717) is 26.1 Å². The minimum atomic E-state index is -4.58. The van der Waals surface area contributed by atoms with Crippen LogP contribution in [0.2, 0.25) is 0 Å². The van der Waals surface area contributed by atoms with Crippen LogP contribution >= 0.6 is 7.82 Å². The van der Waals surface area contributed by atoms with Crippen molar-refractivity contribution in [1.29, 1.82) is 0 Å². The Bertz CT molecular complexity index is 671. The van der Waals surface area contributed by atoms with Crippen molar-refractivity contribution < 1.29 is 33.1 Å². The molecule has 10 heteroatoms. The van der Waals surface area contributed by atoms with Crippen molar-refractivity contribution in [1.82, 2.24) is 9.80 Å². The third-order valence-corrected chi connectivity index (χ3v) is 8.51. The molecule has 0 saturated carbocycles. The third-order valence-electron chi connectivity index (χ3n) is 8.03. The summed E-state index contributed by atoms with van der Waals surface area (Å²) < 4.78 is 27.7. The van der Waals surface area contributed by atoms with Crippen molar-refractivity contribution in [3.8, 4) is 0 Å². The zero-order valence-corrected chi connectivity index (χ0v) is 27.5. The lowest BCUT2D eigenvalue weighted by molar-refractivity contribution is -0.0146. The molecular weight excluding hydrogens is 543 g/mol. The molecule has 0 radical (unpaired) electrons. The number of unbranched alkanes of at least 4 members (excludes halogenated alkanes) is 15. The largest absolute Gasteiger partial charge is 0.469 e. The zero-order chi connectivity index (χ0) is 30.2. The summed E-state index contributed by atoms with van der Waals surface area (Å²) in [4.78, 5) is 34.6. The van der Waals surface area contributed by atoms with Crippen LogP contribution in [0.1, 0.15) is 135 Å². The fourth-order valence-corrected chi connectivity index (χ4v) is 5.69. The van der Waals surface area contributed by atoms with Crippen LogP contribution in [0, 0.1) is 0 Å². The first-order chi connectivity index (χ1) is 19.7. The van der Waals surface area contributed by atoms with Crippen LogP contribution in [0.4, 0.5) is 4.79 Å². The van der Waals surface area contributed by atoms with Gasteiger partial charge in [-0.05, 0) is 39.8 Å². The highest BCUT2D eigenvalue weighted by Gasteiger charge is 2.27. The molecule has 2 unspecified atom stereocenters. The van der Waals surface area contributed by atoms with Crippen LogP contribution in [-0.4, -0.2) is 84.8 Å². The summed E-state index contributed by atoms with van der Waals surface area (Å²) in [6.07, 6.45) is 23.8. The van der Waals surface area contributed by atoms with E-state index in [-0.39, 0.29) is 25.3 Å². The number of ether oxygens (including phenoxy) is 2. The summed E-state index contributed by atoms with van der Waals surface area (Å²) in [5.74, 6) is 0. The molecule has 0 aromatic heterocycles. The normalized spacial score (nSPS) is 15.8. The Labute approximate surface area is 251 Å². The molecule has 1 heterocycles. The SMILES string of the molecule is CCCCCCCCCCCCCCCCCCOCC(CC(COP(=O)(O)O)N(C)C)OC(=O)N1CCCCC1. The Morgan fingerprint density at radius 1 is 0.780 bits per heavy atom. The number of rotatable bonds is 26. The van der Waals surface area contributed by atoms with Gasteiger partial charge in [-0.15, -0.1) is 0 Å². The van der Waals surface area contributed by atoms with E-state index in [2.05, 4.69) is 6.92 Å². The van der Waals surface area contributed by atoms with Crippen molar-refractivity contribution in [2.24, 2.45) is 0 Å². The van der Waals surface area contributed by atoms with Crippen molar-refractivity contribution in [2.45, 2.75) is 147 Å².